The maximum Gasteiger partial charge on any atom is 0.408 e. The van der Waals surface area contributed by atoms with Gasteiger partial charge in [-0.15, -0.1) is 11.6 Å². The molecule has 0 saturated heterocycles. The molecule has 0 aliphatic carbocycles. The Morgan fingerprint density at radius 1 is 1.12 bits per heavy atom. The van der Waals surface area contributed by atoms with Crippen LogP contribution in [-0.2, 0) is 0 Å². The minimum Gasteiger partial charge on any atom is -0.486 e. The SMILES string of the molecule is FC(F)(F)C(Cl)c1cc2c(cc1Cl)OCCO2. The summed E-state index contributed by atoms with van der Waals surface area (Å²) in [4.78, 5) is 0. The fourth-order valence-electron chi connectivity index (χ4n) is 1.45. The first-order valence-electron chi connectivity index (χ1n) is 4.69. The van der Waals surface area contributed by atoms with Crippen molar-refractivity contribution in [1.82, 2.24) is 0 Å². The van der Waals surface area contributed by atoms with Crippen LogP contribution in [0.15, 0.2) is 12.1 Å². The van der Waals surface area contributed by atoms with Crippen molar-refractivity contribution in [1.29, 1.82) is 0 Å². The molecule has 0 N–H and O–H groups in total. The normalized spacial score (nSPS) is 16.8. The molecular weight excluding hydrogens is 280 g/mol. The number of benzene rings is 1. The van der Waals surface area contributed by atoms with Crippen molar-refractivity contribution in [2.75, 3.05) is 13.2 Å². The first kappa shape index (κ1) is 12.6. The van der Waals surface area contributed by atoms with E-state index in [0.717, 1.165) is 0 Å². The van der Waals surface area contributed by atoms with Crippen molar-refractivity contribution < 1.29 is 22.6 Å². The molecule has 0 aromatic heterocycles. The molecule has 1 aliphatic rings. The van der Waals surface area contributed by atoms with Gasteiger partial charge >= 0.3 is 6.18 Å². The van der Waals surface area contributed by atoms with Gasteiger partial charge in [0.05, 0.1) is 0 Å². The van der Waals surface area contributed by atoms with E-state index in [1.165, 1.54) is 12.1 Å². The van der Waals surface area contributed by atoms with Crippen LogP contribution in [0, 0.1) is 0 Å². The van der Waals surface area contributed by atoms with Gasteiger partial charge in [-0.1, -0.05) is 11.6 Å². The smallest absolute Gasteiger partial charge is 0.408 e. The summed E-state index contributed by atoms with van der Waals surface area (Å²) >= 11 is 11.1. The molecule has 2 rings (SSSR count). The van der Waals surface area contributed by atoms with Crippen LogP contribution in [0.2, 0.25) is 5.02 Å². The zero-order valence-electron chi connectivity index (χ0n) is 8.35. The molecule has 0 radical (unpaired) electrons. The third-order valence-electron chi connectivity index (χ3n) is 2.22. The molecule has 0 spiro atoms. The molecule has 2 nitrogen and oxygen atoms in total. The van der Waals surface area contributed by atoms with Crippen molar-refractivity contribution in [3.63, 3.8) is 0 Å². The number of hydrogen-bond donors (Lipinski definition) is 0. The van der Waals surface area contributed by atoms with E-state index in [0.29, 0.717) is 12.4 Å². The number of alkyl halides is 4. The van der Waals surface area contributed by atoms with Crippen LogP contribution in [0.5, 0.6) is 11.5 Å². The van der Waals surface area contributed by atoms with Crippen LogP contribution < -0.4 is 9.47 Å². The molecule has 0 fully saturated rings. The van der Waals surface area contributed by atoms with Crippen LogP contribution in [0.1, 0.15) is 10.9 Å². The highest BCUT2D eigenvalue weighted by Crippen LogP contribution is 2.45. The summed E-state index contributed by atoms with van der Waals surface area (Å²) in [5, 5.41) is -2.25. The third-order valence-corrected chi connectivity index (χ3v) is 3.03. The predicted octanol–water partition coefficient (Wildman–Crippen LogP) is 3.95. The van der Waals surface area contributed by atoms with Gasteiger partial charge in [0.2, 0.25) is 0 Å². The van der Waals surface area contributed by atoms with E-state index in [9.17, 15) is 13.2 Å². The molecule has 17 heavy (non-hydrogen) atoms. The number of hydrogen-bond acceptors (Lipinski definition) is 2. The van der Waals surface area contributed by atoms with Gasteiger partial charge in [0.15, 0.2) is 16.9 Å². The molecule has 1 aromatic rings. The molecule has 1 heterocycles. The highest BCUT2D eigenvalue weighted by atomic mass is 35.5. The van der Waals surface area contributed by atoms with Gasteiger partial charge in [0, 0.05) is 16.7 Å². The number of halogens is 5. The fraction of sp³-hybridized carbons (Fsp3) is 0.400. The van der Waals surface area contributed by atoms with Gasteiger partial charge in [-0.25, -0.2) is 0 Å². The zero-order chi connectivity index (χ0) is 12.6. The van der Waals surface area contributed by atoms with Gasteiger partial charge in [0.1, 0.15) is 13.2 Å². The van der Waals surface area contributed by atoms with Crippen LogP contribution in [-0.4, -0.2) is 19.4 Å². The van der Waals surface area contributed by atoms with Gasteiger partial charge < -0.3 is 9.47 Å². The Balaban J connectivity index is 2.41. The lowest BCUT2D eigenvalue weighted by molar-refractivity contribution is -0.131. The monoisotopic (exact) mass is 286 g/mol. The Kier molecular flexibility index (Phi) is 3.32. The van der Waals surface area contributed by atoms with Crippen molar-refractivity contribution in [3.05, 3.63) is 22.7 Å². The van der Waals surface area contributed by atoms with Crippen LogP contribution in [0.3, 0.4) is 0 Å². The summed E-state index contributed by atoms with van der Waals surface area (Å²) < 4.78 is 47.8. The zero-order valence-corrected chi connectivity index (χ0v) is 9.86. The molecule has 7 heteroatoms. The van der Waals surface area contributed by atoms with E-state index in [1.54, 1.807) is 0 Å². The lowest BCUT2D eigenvalue weighted by Crippen LogP contribution is -2.18. The Hall–Kier alpha value is -0.810. The Morgan fingerprint density at radius 2 is 1.65 bits per heavy atom. The number of rotatable bonds is 1. The van der Waals surface area contributed by atoms with E-state index < -0.39 is 11.6 Å². The van der Waals surface area contributed by atoms with Crippen LogP contribution in [0.4, 0.5) is 13.2 Å². The number of ether oxygens (including phenoxy) is 2. The largest absolute Gasteiger partial charge is 0.486 e. The summed E-state index contributed by atoms with van der Waals surface area (Å²) in [5.41, 5.74) is -0.231. The van der Waals surface area contributed by atoms with E-state index in [1.807, 2.05) is 0 Å². The van der Waals surface area contributed by atoms with Crippen LogP contribution >= 0.6 is 23.2 Å². The van der Waals surface area contributed by atoms with Gasteiger partial charge in [-0.2, -0.15) is 13.2 Å². The Morgan fingerprint density at radius 3 is 2.18 bits per heavy atom. The first-order valence-corrected chi connectivity index (χ1v) is 5.51. The minimum absolute atomic E-state index is 0.0911. The summed E-state index contributed by atoms with van der Waals surface area (Å²) in [6, 6.07) is 2.45. The second kappa shape index (κ2) is 4.46. The molecule has 1 aliphatic heterocycles. The lowest BCUT2D eigenvalue weighted by atomic mass is 10.1. The first-order chi connectivity index (χ1) is 7.89. The topological polar surface area (TPSA) is 18.5 Å². The van der Waals surface area contributed by atoms with Gasteiger partial charge in [0.25, 0.3) is 0 Å². The molecule has 0 amide bonds. The highest BCUT2D eigenvalue weighted by Gasteiger charge is 2.41. The van der Waals surface area contributed by atoms with Gasteiger partial charge in [-0.3, -0.25) is 0 Å². The summed E-state index contributed by atoms with van der Waals surface area (Å²) in [6.07, 6.45) is -4.56. The maximum absolute atomic E-state index is 12.5. The second-order valence-corrected chi connectivity index (χ2v) is 4.27. The second-order valence-electron chi connectivity index (χ2n) is 3.42. The molecule has 1 aromatic carbocycles. The summed E-state index contributed by atoms with van der Waals surface area (Å²) in [7, 11) is 0. The van der Waals surface area contributed by atoms with Crippen molar-refractivity contribution in [2.45, 2.75) is 11.6 Å². The van der Waals surface area contributed by atoms with E-state index in [2.05, 4.69) is 0 Å². The van der Waals surface area contributed by atoms with Crippen molar-refractivity contribution in [2.24, 2.45) is 0 Å². The number of fused-ring (bicyclic) bond motifs is 1. The highest BCUT2D eigenvalue weighted by molar-refractivity contribution is 6.33. The maximum atomic E-state index is 12.5. The minimum atomic E-state index is -4.56. The standard InChI is InChI=1S/C10H7Cl2F3O2/c11-6-4-8-7(16-1-2-17-8)3-5(6)9(12)10(13,14)15/h3-4,9H,1-2H2. The van der Waals surface area contributed by atoms with Gasteiger partial charge in [-0.05, 0) is 6.07 Å². The third kappa shape index (κ3) is 2.55. The average molecular weight is 287 g/mol. The van der Waals surface area contributed by atoms with E-state index in [4.69, 9.17) is 32.7 Å². The predicted molar refractivity (Wildman–Crippen MR) is 57.1 cm³/mol. The molecule has 94 valence electrons. The molecule has 0 saturated carbocycles. The van der Waals surface area contributed by atoms with Crippen molar-refractivity contribution >= 4 is 23.2 Å². The molecular formula is C10H7Cl2F3O2. The molecule has 1 unspecified atom stereocenters. The Bertz CT molecular complexity index is 434. The summed E-state index contributed by atoms with van der Waals surface area (Å²) in [5.74, 6) is 0.557. The van der Waals surface area contributed by atoms with E-state index >= 15 is 0 Å². The molecule has 1 atom stereocenters. The summed E-state index contributed by atoms with van der Waals surface area (Å²) in [6.45, 7) is 0.624. The lowest BCUT2D eigenvalue weighted by Gasteiger charge is -2.22. The van der Waals surface area contributed by atoms with Crippen molar-refractivity contribution in [3.8, 4) is 11.5 Å². The fourth-order valence-corrected chi connectivity index (χ4v) is 1.95. The van der Waals surface area contributed by atoms with E-state index in [-0.39, 0.29) is 22.9 Å². The van der Waals surface area contributed by atoms with Crippen LogP contribution in [0.25, 0.3) is 0 Å². The quantitative estimate of drug-likeness (QED) is 0.728. The molecule has 0 bridgehead atoms. The Labute approximate surface area is 105 Å². The average Bonchev–Trinajstić information content (AvgIpc) is 2.26.